The van der Waals surface area contributed by atoms with E-state index in [9.17, 15) is 0 Å². The third-order valence-electron chi connectivity index (χ3n) is 1.68. The lowest BCUT2D eigenvalue weighted by molar-refractivity contribution is 0.414. The van der Waals surface area contributed by atoms with E-state index in [2.05, 4.69) is 27.3 Å². The molecule has 14 heavy (non-hydrogen) atoms. The fourth-order valence-corrected chi connectivity index (χ4v) is 1.52. The number of nitriles is 1. The van der Waals surface area contributed by atoms with E-state index < -0.39 is 0 Å². The molecular formula is C10H11BrN2O. The van der Waals surface area contributed by atoms with Crippen molar-refractivity contribution >= 4 is 21.6 Å². The van der Waals surface area contributed by atoms with Crippen LogP contribution in [0.25, 0.3) is 0 Å². The van der Waals surface area contributed by atoms with E-state index in [4.69, 9.17) is 10.00 Å². The van der Waals surface area contributed by atoms with Gasteiger partial charge in [-0.3, -0.25) is 0 Å². The summed E-state index contributed by atoms with van der Waals surface area (Å²) in [4.78, 5) is 0. The van der Waals surface area contributed by atoms with Gasteiger partial charge in [0.2, 0.25) is 0 Å². The van der Waals surface area contributed by atoms with Gasteiger partial charge in [-0.15, -0.1) is 0 Å². The summed E-state index contributed by atoms with van der Waals surface area (Å²) < 4.78 is 6.02. The Kier molecular flexibility index (Phi) is 3.78. The Labute approximate surface area is 91.8 Å². The van der Waals surface area contributed by atoms with Gasteiger partial charge in [-0.2, -0.15) is 5.26 Å². The number of nitrogens with one attached hydrogen (secondary N) is 1. The lowest BCUT2D eigenvalue weighted by Crippen LogP contribution is -2.11. The lowest BCUT2D eigenvalue weighted by atomic mass is 10.2. The van der Waals surface area contributed by atoms with Gasteiger partial charge >= 0.3 is 0 Å². The van der Waals surface area contributed by atoms with Gasteiger partial charge in [0.1, 0.15) is 11.8 Å². The molecule has 0 heterocycles. The van der Waals surface area contributed by atoms with Crippen LogP contribution in [0.3, 0.4) is 0 Å². The first-order chi connectivity index (χ1) is 6.65. The fourth-order valence-electron chi connectivity index (χ4n) is 1.05. The molecule has 1 N–H and O–H groups in total. The molecule has 1 atom stereocenters. The first-order valence-corrected chi connectivity index (χ1v) is 4.95. The molecule has 0 fully saturated rings. The highest BCUT2D eigenvalue weighted by Crippen LogP contribution is 2.24. The van der Waals surface area contributed by atoms with Crippen LogP contribution in [0.1, 0.15) is 6.92 Å². The Balaban J connectivity index is 2.87. The topological polar surface area (TPSA) is 45.0 Å². The molecule has 0 aliphatic carbocycles. The minimum atomic E-state index is -0.214. The summed E-state index contributed by atoms with van der Waals surface area (Å²) >= 11 is 3.36. The average molecular weight is 255 g/mol. The summed E-state index contributed by atoms with van der Waals surface area (Å²) in [5, 5.41) is 11.7. The highest BCUT2D eigenvalue weighted by Gasteiger charge is 2.02. The van der Waals surface area contributed by atoms with Crippen LogP contribution in [0.15, 0.2) is 22.7 Å². The van der Waals surface area contributed by atoms with Gasteiger partial charge in [0.25, 0.3) is 0 Å². The predicted octanol–water partition coefficient (Wildman–Crippen LogP) is 2.78. The van der Waals surface area contributed by atoms with Crippen molar-refractivity contribution in [2.45, 2.75) is 13.0 Å². The van der Waals surface area contributed by atoms with Gasteiger partial charge in [-0.25, -0.2) is 0 Å². The zero-order valence-corrected chi connectivity index (χ0v) is 9.63. The van der Waals surface area contributed by atoms with Crippen molar-refractivity contribution in [3.63, 3.8) is 0 Å². The Morgan fingerprint density at radius 2 is 2.21 bits per heavy atom. The molecular weight excluding hydrogens is 244 g/mol. The molecule has 0 spiro atoms. The number of benzene rings is 1. The molecule has 4 heteroatoms. The summed E-state index contributed by atoms with van der Waals surface area (Å²) in [5.74, 6) is 0.756. The number of nitrogens with zero attached hydrogens (tertiary/aromatic N) is 1. The van der Waals surface area contributed by atoms with E-state index in [1.165, 1.54) is 0 Å². The Hall–Kier alpha value is -1.21. The van der Waals surface area contributed by atoms with E-state index in [0.29, 0.717) is 0 Å². The molecule has 0 saturated heterocycles. The highest BCUT2D eigenvalue weighted by molar-refractivity contribution is 9.10. The van der Waals surface area contributed by atoms with Crippen molar-refractivity contribution in [1.82, 2.24) is 0 Å². The third-order valence-corrected chi connectivity index (χ3v) is 2.14. The molecule has 1 aromatic rings. The van der Waals surface area contributed by atoms with E-state index >= 15 is 0 Å². The molecule has 0 aromatic heterocycles. The molecule has 1 unspecified atom stereocenters. The van der Waals surface area contributed by atoms with Crippen molar-refractivity contribution in [3.8, 4) is 11.8 Å². The molecule has 0 aliphatic rings. The molecule has 1 aromatic carbocycles. The quantitative estimate of drug-likeness (QED) is 0.903. The van der Waals surface area contributed by atoms with E-state index in [1.54, 1.807) is 14.0 Å². The minimum Gasteiger partial charge on any atom is -0.497 e. The third kappa shape index (κ3) is 2.93. The first-order valence-electron chi connectivity index (χ1n) is 4.16. The molecule has 3 nitrogen and oxygen atoms in total. The largest absolute Gasteiger partial charge is 0.497 e. The maximum absolute atomic E-state index is 8.64. The van der Waals surface area contributed by atoms with Crippen LogP contribution in [0.2, 0.25) is 0 Å². The van der Waals surface area contributed by atoms with Crippen LogP contribution in [-0.2, 0) is 0 Å². The predicted molar refractivity (Wildman–Crippen MR) is 59.4 cm³/mol. The number of anilines is 1. The van der Waals surface area contributed by atoms with Crippen molar-refractivity contribution in [3.05, 3.63) is 22.7 Å². The second-order valence-corrected chi connectivity index (χ2v) is 3.79. The molecule has 0 bridgehead atoms. The summed E-state index contributed by atoms with van der Waals surface area (Å²) in [5.41, 5.74) is 0.866. The van der Waals surface area contributed by atoms with Gasteiger partial charge in [0, 0.05) is 16.2 Å². The fraction of sp³-hybridized carbons (Fsp3) is 0.300. The molecule has 0 saturated carbocycles. The molecule has 0 amide bonds. The molecule has 0 radical (unpaired) electrons. The smallest absolute Gasteiger partial charge is 0.122 e. The SMILES string of the molecule is COc1cc(Br)cc(NC(C)C#N)c1. The highest BCUT2D eigenvalue weighted by atomic mass is 79.9. The standard InChI is InChI=1S/C10H11BrN2O/c1-7(6-12)13-9-3-8(11)4-10(5-9)14-2/h3-5,7,13H,1-2H3. The zero-order valence-electron chi connectivity index (χ0n) is 8.04. The number of hydrogen-bond donors (Lipinski definition) is 1. The van der Waals surface area contributed by atoms with Gasteiger partial charge in [-0.05, 0) is 19.1 Å². The van der Waals surface area contributed by atoms with Crippen molar-refractivity contribution in [1.29, 1.82) is 5.26 Å². The minimum absolute atomic E-state index is 0.214. The lowest BCUT2D eigenvalue weighted by Gasteiger charge is -2.10. The van der Waals surface area contributed by atoms with E-state index in [-0.39, 0.29) is 6.04 Å². The summed E-state index contributed by atoms with van der Waals surface area (Å²) in [7, 11) is 1.61. The van der Waals surface area contributed by atoms with Crippen LogP contribution in [0.4, 0.5) is 5.69 Å². The Bertz CT molecular complexity index is 360. The summed E-state index contributed by atoms with van der Waals surface area (Å²) in [6.45, 7) is 1.80. The van der Waals surface area contributed by atoms with Crippen molar-refractivity contribution in [2.75, 3.05) is 12.4 Å². The summed E-state index contributed by atoms with van der Waals surface area (Å²) in [6, 6.07) is 7.50. The second kappa shape index (κ2) is 4.87. The molecule has 74 valence electrons. The number of rotatable bonds is 3. The van der Waals surface area contributed by atoms with Gasteiger partial charge in [0.15, 0.2) is 0 Å². The Morgan fingerprint density at radius 3 is 2.79 bits per heavy atom. The maximum atomic E-state index is 8.64. The summed E-state index contributed by atoms with van der Waals surface area (Å²) in [6.07, 6.45) is 0. The van der Waals surface area contributed by atoms with Crippen molar-refractivity contribution in [2.24, 2.45) is 0 Å². The van der Waals surface area contributed by atoms with Gasteiger partial charge < -0.3 is 10.1 Å². The van der Waals surface area contributed by atoms with E-state index in [1.807, 2.05) is 18.2 Å². The van der Waals surface area contributed by atoms with Gasteiger partial charge in [0.05, 0.1) is 13.2 Å². The van der Waals surface area contributed by atoms with Crippen LogP contribution in [0.5, 0.6) is 5.75 Å². The average Bonchev–Trinajstić information content (AvgIpc) is 2.16. The van der Waals surface area contributed by atoms with Crippen molar-refractivity contribution < 1.29 is 4.74 Å². The van der Waals surface area contributed by atoms with E-state index in [0.717, 1.165) is 15.9 Å². The van der Waals surface area contributed by atoms with Crippen LogP contribution in [0, 0.1) is 11.3 Å². The normalized spacial score (nSPS) is 11.6. The number of methoxy groups -OCH3 is 1. The number of halogens is 1. The first kappa shape index (κ1) is 10.9. The Morgan fingerprint density at radius 1 is 1.50 bits per heavy atom. The molecule has 0 aliphatic heterocycles. The van der Waals surface area contributed by atoms with Crippen LogP contribution < -0.4 is 10.1 Å². The maximum Gasteiger partial charge on any atom is 0.122 e. The number of ether oxygens (including phenoxy) is 1. The zero-order chi connectivity index (χ0) is 10.6. The monoisotopic (exact) mass is 254 g/mol. The van der Waals surface area contributed by atoms with Crippen LogP contribution >= 0.6 is 15.9 Å². The van der Waals surface area contributed by atoms with Crippen LogP contribution in [-0.4, -0.2) is 13.2 Å². The number of hydrogen-bond acceptors (Lipinski definition) is 3. The van der Waals surface area contributed by atoms with Gasteiger partial charge in [-0.1, -0.05) is 15.9 Å². The molecule has 1 rings (SSSR count). The second-order valence-electron chi connectivity index (χ2n) is 2.87.